The van der Waals surface area contributed by atoms with Crippen molar-refractivity contribution in [3.05, 3.63) is 67.4 Å². The molecule has 2 aliphatic heterocycles. The Labute approximate surface area is 237 Å². The molecule has 0 bridgehead atoms. The van der Waals surface area contributed by atoms with Gasteiger partial charge in [0.25, 0.3) is 5.56 Å². The molecule has 1 amide bonds. The molecule has 208 valence electrons. The van der Waals surface area contributed by atoms with E-state index >= 15 is 0 Å². The maximum Gasteiger partial charge on any atom is 0.333 e. The van der Waals surface area contributed by atoms with E-state index in [2.05, 4.69) is 20.5 Å². The minimum absolute atomic E-state index is 0.0898. The molecule has 0 spiro atoms. The predicted octanol–water partition coefficient (Wildman–Crippen LogP) is 2.47. The van der Waals surface area contributed by atoms with E-state index in [1.54, 1.807) is 27.5 Å². The fourth-order valence-electron chi connectivity index (χ4n) is 5.90. The van der Waals surface area contributed by atoms with Crippen LogP contribution in [0.4, 0.5) is 11.6 Å². The van der Waals surface area contributed by atoms with Crippen LogP contribution in [-0.2, 0) is 17.9 Å². The number of amides is 1. The van der Waals surface area contributed by atoms with Crippen LogP contribution in [0.2, 0.25) is 10.0 Å². The van der Waals surface area contributed by atoms with E-state index in [9.17, 15) is 14.4 Å². The van der Waals surface area contributed by atoms with Gasteiger partial charge in [-0.1, -0.05) is 23.2 Å². The standard InChI is InChI=1S/C26H26Cl2N8O4/c27-15-1-4-18(17(28)9-15)31-20(37)12-35-24(38)22-23(36(26(35)39)16-2-3-16)32-25(34(22)13-21-30-6-8-40-21)33-7-5-14-10-29-11-19(14)33/h1,4,6,8-9,14,16,19,29H,2-3,5,7,10-13H2,(H,31,37). The Bertz CT molecular complexity index is 1740. The summed E-state index contributed by atoms with van der Waals surface area (Å²) in [7, 11) is 0. The molecule has 2 N–H and O–H groups in total. The average molecular weight is 585 g/mol. The molecule has 3 fully saturated rings. The molecular formula is C26H26Cl2N8O4. The van der Waals surface area contributed by atoms with Gasteiger partial charge in [-0.15, -0.1) is 0 Å². The Balaban J connectivity index is 1.36. The van der Waals surface area contributed by atoms with Crippen LogP contribution < -0.4 is 26.8 Å². The average Bonchev–Trinajstić information content (AvgIpc) is 3.29. The molecule has 14 heteroatoms. The van der Waals surface area contributed by atoms with Crippen LogP contribution in [0.1, 0.15) is 31.2 Å². The monoisotopic (exact) mass is 584 g/mol. The van der Waals surface area contributed by atoms with Crippen molar-refractivity contribution < 1.29 is 9.21 Å². The highest BCUT2D eigenvalue weighted by molar-refractivity contribution is 6.36. The zero-order valence-corrected chi connectivity index (χ0v) is 22.9. The lowest BCUT2D eigenvalue weighted by Gasteiger charge is -2.25. The summed E-state index contributed by atoms with van der Waals surface area (Å²) in [5.41, 5.74) is -0.263. The largest absolute Gasteiger partial charge is 0.447 e. The number of hydrogen-bond acceptors (Lipinski definition) is 8. The number of fused-ring (bicyclic) bond motifs is 2. The lowest BCUT2D eigenvalue weighted by atomic mass is 10.1. The summed E-state index contributed by atoms with van der Waals surface area (Å²) in [5.74, 6) is 0.931. The van der Waals surface area contributed by atoms with Crippen LogP contribution in [-0.4, -0.2) is 55.3 Å². The molecule has 2 saturated heterocycles. The first-order chi connectivity index (χ1) is 19.4. The van der Waals surface area contributed by atoms with Gasteiger partial charge in [-0.05, 0) is 43.4 Å². The van der Waals surface area contributed by atoms with E-state index in [1.807, 2.05) is 0 Å². The topological polar surface area (TPSA) is 132 Å². The third kappa shape index (κ3) is 4.30. The van der Waals surface area contributed by atoms with Gasteiger partial charge in [0.1, 0.15) is 19.4 Å². The van der Waals surface area contributed by atoms with Crippen LogP contribution in [0.5, 0.6) is 0 Å². The van der Waals surface area contributed by atoms with Crippen LogP contribution in [0, 0.1) is 5.92 Å². The second-order valence-corrected chi connectivity index (χ2v) is 11.4. The number of carbonyl (C=O) groups excluding carboxylic acids is 1. The summed E-state index contributed by atoms with van der Waals surface area (Å²) in [6.07, 6.45) is 5.62. The summed E-state index contributed by atoms with van der Waals surface area (Å²) in [6, 6.07) is 4.80. The van der Waals surface area contributed by atoms with Crippen molar-refractivity contribution in [3.8, 4) is 0 Å². The number of aromatic nitrogens is 5. The van der Waals surface area contributed by atoms with E-state index in [1.165, 1.54) is 12.3 Å². The van der Waals surface area contributed by atoms with Gasteiger partial charge in [0.15, 0.2) is 11.2 Å². The van der Waals surface area contributed by atoms with Crippen molar-refractivity contribution in [1.29, 1.82) is 0 Å². The van der Waals surface area contributed by atoms with Gasteiger partial charge in [-0.25, -0.2) is 14.3 Å². The number of rotatable bonds is 7. The molecule has 1 saturated carbocycles. The number of nitrogens with zero attached hydrogens (tertiary/aromatic N) is 6. The second kappa shape index (κ2) is 9.79. The normalized spacial score (nSPS) is 20.4. The quantitative estimate of drug-likeness (QED) is 0.338. The number of imidazole rings is 1. The van der Waals surface area contributed by atoms with Crippen LogP contribution in [0.3, 0.4) is 0 Å². The summed E-state index contributed by atoms with van der Waals surface area (Å²) >= 11 is 12.2. The maximum atomic E-state index is 14.0. The third-order valence-corrected chi connectivity index (χ3v) is 8.49. The Hall–Kier alpha value is -3.61. The molecule has 4 aromatic rings. The second-order valence-electron chi connectivity index (χ2n) is 10.5. The summed E-state index contributed by atoms with van der Waals surface area (Å²) in [6.45, 7) is 2.22. The van der Waals surface area contributed by atoms with Crippen molar-refractivity contribution >= 4 is 51.9 Å². The first-order valence-corrected chi connectivity index (χ1v) is 14.0. The molecule has 40 heavy (non-hydrogen) atoms. The summed E-state index contributed by atoms with van der Waals surface area (Å²) in [4.78, 5) is 52.2. The highest BCUT2D eigenvalue weighted by Crippen LogP contribution is 2.37. The predicted molar refractivity (Wildman–Crippen MR) is 149 cm³/mol. The van der Waals surface area contributed by atoms with E-state index in [4.69, 9.17) is 32.6 Å². The Morgan fingerprint density at radius 3 is 2.75 bits per heavy atom. The molecular weight excluding hydrogens is 559 g/mol. The van der Waals surface area contributed by atoms with Gasteiger partial charge in [0, 0.05) is 36.7 Å². The van der Waals surface area contributed by atoms with Gasteiger partial charge < -0.3 is 20.0 Å². The number of nitrogens with one attached hydrogen (secondary N) is 2. The number of anilines is 2. The molecule has 3 aromatic heterocycles. The molecule has 0 radical (unpaired) electrons. The van der Waals surface area contributed by atoms with Crippen molar-refractivity contribution in [3.63, 3.8) is 0 Å². The fraction of sp³-hybridized carbons (Fsp3) is 0.423. The number of benzene rings is 1. The highest BCUT2D eigenvalue weighted by Gasteiger charge is 2.41. The smallest absolute Gasteiger partial charge is 0.333 e. The Kier molecular flexibility index (Phi) is 6.21. The SMILES string of the molecule is O=C(Cn1c(=O)c2c(nc(N3CCC4CNCC43)n2Cc2ncco2)n(C2CC2)c1=O)Nc1ccc(Cl)cc1Cl. The lowest BCUT2D eigenvalue weighted by molar-refractivity contribution is -0.116. The highest BCUT2D eigenvalue weighted by atomic mass is 35.5. The molecule has 1 aromatic carbocycles. The number of oxazole rings is 1. The lowest BCUT2D eigenvalue weighted by Crippen LogP contribution is -2.43. The molecule has 2 atom stereocenters. The van der Waals surface area contributed by atoms with Crippen molar-refractivity contribution in [2.24, 2.45) is 5.92 Å². The maximum absolute atomic E-state index is 14.0. The van der Waals surface area contributed by atoms with E-state index in [0.29, 0.717) is 34.1 Å². The number of hydrogen-bond donors (Lipinski definition) is 2. The molecule has 12 nitrogen and oxygen atoms in total. The van der Waals surface area contributed by atoms with Crippen LogP contribution in [0.25, 0.3) is 11.2 Å². The molecule has 7 rings (SSSR count). The van der Waals surface area contributed by atoms with E-state index < -0.39 is 23.7 Å². The van der Waals surface area contributed by atoms with Crippen LogP contribution in [0.15, 0.2) is 44.7 Å². The van der Waals surface area contributed by atoms with Crippen LogP contribution >= 0.6 is 23.2 Å². The van der Waals surface area contributed by atoms with Gasteiger partial charge >= 0.3 is 5.69 Å². The summed E-state index contributed by atoms with van der Waals surface area (Å²) < 4.78 is 9.86. The third-order valence-electron chi connectivity index (χ3n) is 7.94. The zero-order chi connectivity index (χ0) is 27.5. The molecule has 1 aliphatic carbocycles. The minimum atomic E-state index is -0.597. The van der Waals surface area contributed by atoms with Gasteiger partial charge in [0.05, 0.1) is 16.9 Å². The van der Waals surface area contributed by atoms with Gasteiger partial charge in [-0.3, -0.25) is 18.7 Å². The van der Waals surface area contributed by atoms with Crippen molar-refractivity contribution in [2.45, 2.75) is 44.4 Å². The van der Waals surface area contributed by atoms with Gasteiger partial charge in [0.2, 0.25) is 17.7 Å². The number of halogens is 2. The van der Waals surface area contributed by atoms with E-state index in [-0.39, 0.29) is 29.2 Å². The Morgan fingerprint density at radius 2 is 2.00 bits per heavy atom. The Morgan fingerprint density at radius 1 is 1.15 bits per heavy atom. The minimum Gasteiger partial charge on any atom is -0.447 e. The van der Waals surface area contributed by atoms with Crippen molar-refractivity contribution in [2.75, 3.05) is 29.9 Å². The fourth-order valence-corrected chi connectivity index (χ4v) is 6.36. The molecule has 2 unspecified atom stereocenters. The first-order valence-electron chi connectivity index (χ1n) is 13.2. The van der Waals surface area contributed by atoms with E-state index in [0.717, 1.165) is 43.5 Å². The number of carbonyl (C=O) groups is 1. The summed E-state index contributed by atoms with van der Waals surface area (Å²) in [5, 5.41) is 6.80. The molecule has 3 aliphatic rings. The van der Waals surface area contributed by atoms with Gasteiger partial charge in [-0.2, -0.15) is 4.98 Å². The van der Waals surface area contributed by atoms with Crippen molar-refractivity contribution in [1.82, 2.24) is 29.0 Å². The zero-order valence-electron chi connectivity index (χ0n) is 21.3. The first kappa shape index (κ1) is 25.4. The molecule has 5 heterocycles.